The number of anilines is 1. The molecule has 2 rings (SSSR count). The van der Waals surface area contributed by atoms with E-state index in [1.165, 1.54) is 33.6 Å². The molecule has 2 aromatic carbocycles. The van der Waals surface area contributed by atoms with Crippen LogP contribution in [0.1, 0.15) is 101 Å². The van der Waals surface area contributed by atoms with Gasteiger partial charge < -0.3 is 0 Å². The topological polar surface area (TPSA) is 6.25 Å². The van der Waals surface area contributed by atoms with Crippen molar-refractivity contribution < 1.29 is 4.58 Å². The Hall–Kier alpha value is -1.80. The highest BCUT2D eigenvalue weighted by molar-refractivity contribution is 6.66. The van der Waals surface area contributed by atoms with Crippen LogP contribution in [0.5, 0.6) is 0 Å². The van der Waals surface area contributed by atoms with Gasteiger partial charge in [-0.1, -0.05) is 91.8 Å². The van der Waals surface area contributed by atoms with Crippen molar-refractivity contribution >= 4 is 28.3 Å². The molecule has 0 aliphatic rings. The second kappa shape index (κ2) is 10.0. The third-order valence-corrected chi connectivity index (χ3v) is 6.42. The van der Waals surface area contributed by atoms with Crippen LogP contribution in [0.25, 0.3) is 0 Å². The Morgan fingerprint density at radius 2 is 1.03 bits per heavy atom. The monoisotopic (exact) mass is 427 g/mol. The molecular formula is C27H40ClN2+. The summed E-state index contributed by atoms with van der Waals surface area (Å²) in [6.45, 7) is 18.0. The molecule has 0 heterocycles. The maximum Gasteiger partial charge on any atom is 0.355 e. The average Bonchev–Trinajstić information content (AvgIpc) is 2.70. The molecule has 0 aliphatic heterocycles. The van der Waals surface area contributed by atoms with Crippen molar-refractivity contribution in [2.24, 2.45) is 0 Å². The smallest absolute Gasteiger partial charge is 0.219 e. The first-order chi connectivity index (χ1) is 14.0. The van der Waals surface area contributed by atoms with Crippen LogP contribution in [0.15, 0.2) is 36.4 Å². The zero-order valence-corrected chi connectivity index (χ0v) is 21.3. The summed E-state index contributed by atoms with van der Waals surface area (Å²) >= 11 is 7.13. The van der Waals surface area contributed by atoms with E-state index in [-0.39, 0.29) is 0 Å². The maximum absolute atomic E-state index is 7.13. The van der Waals surface area contributed by atoms with Gasteiger partial charge in [-0.15, -0.1) is 0 Å². The highest BCUT2D eigenvalue weighted by Gasteiger charge is 2.28. The molecular weight excluding hydrogens is 388 g/mol. The van der Waals surface area contributed by atoms with Gasteiger partial charge in [0, 0.05) is 33.9 Å². The quantitative estimate of drug-likeness (QED) is 0.195. The number of hydrogen-bond acceptors (Lipinski definition) is 0. The molecule has 30 heavy (non-hydrogen) atoms. The minimum absolute atomic E-state index is 0.421. The lowest BCUT2D eigenvalue weighted by atomic mass is 9.92. The lowest BCUT2D eigenvalue weighted by Crippen LogP contribution is -2.31. The summed E-state index contributed by atoms with van der Waals surface area (Å²) in [6, 6.07) is 13.3. The van der Waals surface area contributed by atoms with Crippen molar-refractivity contribution in [3.8, 4) is 0 Å². The highest BCUT2D eigenvalue weighted by atomic mass is 35.5. The van der Waals surface area contributed by atoms with E-state index >= 15 is 0 Å². The van der Waals surface area contributed by atoms with Crippen molar-refractivity contribution in [1.29, 1.82) is 0 Å². The van der Waals surface area contributed by atoms with E-state index < -0.39 is 0 Å². The minimum atomic E-state index is 0.421. The summed E-state index contributed by atoms with van der Waals surface area (Å²) in [5, 5.41) is 0.722. The van der Waals surface area contributed by atoms with Gasteiger partial charge in [0.15, 0.2) is 0 Å². The molecule has 0 aromatic heterocycles. The van der Waals surface area contributed by atoms with E-state index in [0.29, 0.717) is 23.7 Å². The van der Waals surface area contributed by atoms with Crippen LogP contribution in [0, 0.1) is 0 Å². The Balaban J connectivity index is 2.76. The summed E-state index contributed by atoms with van der Waals surface area (Å²) in [5.41, 5.74) is 7.78. The molecule has 2 nitrogen and oxygen atoms in total. The lowest BCUT2D eigenvalue weighted by molar-refractivity contribution is -0.404. The fraction of sp³-hybridized carbons (Fsp3) is 0.519. The van der Waals surface area contributed by atoms with E-state index in [0.717, 1.165) is 5.29 Å². The number of amidine groups is 1. The zero-order valence-electron chi connectivity index (χ0n) is 20.5. The number of hydrogen-bond donors (Lipinski definition) is 0. The summed E-state index contributed by atoms with van der Waals surface area (Å²) in [6.07, 6.45) is 0. The molecule has 0 N–H and O–H groups in total. The third-order valence-electron chi connectivity index (χ3n) is 5.91. The van der Waals surface area contributed by atoms with Crippen molar-refractivity contribution in [2.45, 2.75) is 79.1 Å². The Labute approximate surface area is 189 Å². The van der Waals surface area contributed by atoms with Gasteiger partial charge in [0.1, 0.15) is 11.4 Å². The van der Waals surface area contributed by atoms with Crippen LogP contribution in [0.2, 0.25) is 0 Å². The van der Waals surface area contributed by atoms with Crippen LogP contribution < -0.4 is 4.90 Å². The van der Waals surface area contributed by atoms with Gasteiger partial charge in [0.2, 0.25) is 0 Å². The fourth-order valence-electron chi connectivity index (χ4n) is 4.21. The normalized spacial score (nSPS) is 12.9. The Kier molecular flexibility index (Phi) is 8.16. The molecule has 0 saturated carbocycles. The summed E-state index contributed by atoms with van der Waals surface area (Å²) < 4.78 is 2.17. The van der Waals surface area contributed by atoms with E-state index in [9.17, 15) is 0 Å². The number of halogens is 1. The zero-order chi connectivity index (χ0) is 22.7. The molecule has 3 heteroatoms. The molecule has 164 valence electrons. The van der Waals surface area contributed by atoms with E-state index in [1.807, 2.05) is 0 Å². The van der Waals surface area contributed by atoms with Gasteiger partial charge in [0.05, 0.1) is 14.1 Å². The first-order valence-corrected chi connectivity index (χ1v) is 11.6. The SMILES string of the molecule is CC(C)c1cccc(C(C)C)c1N(C)C(Cl)=[N+](C)c1c(C(C)C)cccc1C(C)C. The van der Waals surface area contributed by atoms with E-state index in [1.54, 1.807) is 0 Å². The number of nitrogens with zero attached hydrogens (tertiary/aromatic N) is 2. The molecule has 0 aliphatic carbocycles. The van der Waals surface area contributed by atoms with Gasteiger partial charge >= 0.3 is 5.29 Å². The number of rotatable bonds is 6. The van der Waals surface area contributed by atoms with Crippen molar-refractivity contribution in [1.82, 2.24) is 0 Å². The Morgan fingerprint density at radius 1 is 0.700 bits per heavy atom. The Morgan fingerprint density at radius 3 is 1.37 bits per heavy atom. The van der Waals surface area contributed by atoms with Crippen molar-refractivity contribution in [3.05, 3.63) is 58.7 Å². The van der Waals surface area contributed by atoms with Crippen LogP contribution in [-0.2, 0) is 0 Å². The molecule has 0 atom stereocenters. The van der Waals surface area contributed by atoms with E-state index in [2.05, 4.69) is 115 Å². The number of para-hydroxylation sites is 2. The van der Waals surface area contributed by atoms with Gasteiger partial charge in [-0.25, -0.2) is 9.48 Å². The summed E-state index contributed by atoms with van der Waals surface area (Å²) in [7, 11) is 4.19. The molecule has 0 saturated heterocycles. The molecule has 0 unspecified atom stereocenters. The largest absolute Gasteiger partial charge is 0.355 e. The van der Waals surface area contributed by atoms with Crippen LogP contribution in [-0.4, -0.2) is 24.0 Å². The molecule has 0 bridgehead atoms. The lowest BCUT2D eigenvalue weighted by Gasteiger charge is -2.24. The maximum atomic E-state index is 7.13. The molecule has 0 radical (unpaired) electrons. The highest BCUT2D eigenvalue weighted by Crippen LogP contribution is 2.37. The number of benzene rings is 2. The van der Waals surface area contributed by atoms with Gasteiger partial charge in [-0.2, -0.15) is 0 Å². The van der Waals surface area contributed by atoms with Gasteiger partial charge in [-0.3, -0.25) is 0 Å². The first kappa shape index (κ1) is 24.5. The molecule has 2 aromatic rings. The molecule has 0 amide bonds. The Bertz CT molecular complexity index is 855. The predicted molar refractivity (Wildman–Crippen MR) is 134 cm³/mol. The second-order valence-corrected chi connectivity index (χ2v) is 9.91. The second-order valence-electron chi connectivity index (χ2n) is 9.58. The van der Waals surface area contributed by atoms with Crippen LogP contribution in [0.3, 0.4) is 0 Å². The first-order valence-electron chi connectivity index (χ1n) is 11.2. The van der Waals surface area contributed by atoms with Crippen LogP contribution >= 0.6 is 11.6 Å². The average molecular weight is 428 g/mol. The summed E-state index contributed by atoms with van der Waals surface area (Å²) in [5.74, 6) is 1.69. The van der Waals surface area contributed by atoms with Crippen molar-refractivity contribution in [2.75, 3.05) is 19.0 Å². The van der Waals surface area contributed by atoms with Gasteiger partial charge in [0.25, 0.3) is 0 Å². The molecule has 0 fully saturated rings. The minimum Gasteiger partial charge on any atom is -0.219 e. The summed E-state index contributed by atoms with van der Waals surface area (Å²) in [4.78, 5) is 2.17. The molecule has 0 spiro atoms. The fourth-order valence-corrected chi connectivity index (χ4v) is 4.38. The van der Waals surface area contributed by atoms with E-state index in [4.69, 9.17) is 11.6 Å². The predicted octanol–water partition coefficient (Wildman–Crippen LogP) is 8.19. The van der Waals surface area contributed by atoms with Gasteiger partial charge in [-0.05, 0) is 23.7 Å². The standard InChI is InChI=1S/C27H40ClN2/c1-17(2)21-13-11-14-22(18(3)4)25(21)29(9)27(28)30(10)26-23(19(5)6)15-12-16-24(26)20(7)8/h11-20H,1-10H3/q+1. The van der Waals surface area contributed by atoms with Crippen LogP contribution in [0.4, 0.5) is 11.4 Å². The third kappa shape index (κ3) is 4.91. The van der Waals surface area contributed by atoms with Crippen molar-refractivity contribution in [3.63, 3.8) is 0 Å².